The summed E-state index contributed by atoms with van der Waals surface area (Å²) in [4.78, 5) is 32.7. The minimum atomic E-state index is -0.374. The molecule has 0 aliphatic rings. The molecule has 176 valence electrons. The molecule has 10 nitrogen and oxygen atoms in total. The van der Waals surface area contributed by atoms with Crippen molar-refractivity contribution in [1.29, 1.82) is 0 Å². The highest BCUT2D eigenvalue weighted by molar-refractivity contribution is 5.91. The fourth-order valence-corrected chi connectivity index (χ4v) is 3.67. The van der Waals surface area contributed by atoms with E-state index in [9.17, 15) is 9.59 Å². The van der Waals surface area contributed by atoms with Gasteiger partial charge in [-0.1, -0.05) is 29.8 Å². The van der Waals surface area contributed by atoms with Crippen molar-refractivity contribution in [2.24, 2.45) is 0 Å². The summed E-state index contributed by atoms with van der Waals surface area (Å²) in [6.45, 7) is 5.54. The maximum absolute atomic E-state index is 12.8. The number of aryl methyl sites for hydroxylation is 3. The first-order chi connectivity index (χ1) is 16.9. The number of nitrogens with one attached hydrogen (secondary N) is 2. The van der Waals surface area contributed by atoms with Crippen LogP contribution in [0, 0.1) is 20.8 Å². The van der Waals surface area contributed by atoms with Crippen LogP contribution in [0.4, 0.5) is 5.82 Å². The molecular weight excluding hydrogens is 446 g/mol. The number of amides is 1. The SMILES string of the molecule is Cc1ccc(-n2ncc3c(=O)[nH]c(-n4nc(C)cc4NC(=O)COc4cccc(C)c4)nc32)cc1. The van der Waals surface area contributed by atoms with E-state index in [0.717, 1.165) is 16.8 Å². The Hall–Kier alpha value is -4.73. The predicted octanol–water partition coefficient (Wildman–Crippen LogP) is 3.24. The number of H-pyrrole nitrogens is 1. The fraction of sp³-hybridized carbons (Fsp3) is 0.160. The maximum Gasteiger partial charge on any atom is 0.263 e. The monoisotopic (exact) mass is 469 g/mol. The minimum Gasteiger partial charge on any atom is -0.484 e. The van der Waals surface area contributed by atoms with Crippen LogP contribution in [0.3, 0.4) is 0 Å². The summed E-state index contributed by atoms with van der Waals surface area (Å²) < 4.78 is 8.56. The number of aromatic nitrogens is 6. The third kappa shape index (κ3) is 4.54. The van der Waals surface area contributed by atoms with Gasteiger partial charge in [0.1, 0.15) is 17.0 Å². The number of fused-ring (bicyclic) bond motifs is 1. The number of aromatic amines is 1. The molecule has 0 spiro atoms. The molecular formula is C25H23N7O3. The van der Waals surface area contributed by atoms with E-state index in [2.05, 4.69) is 25.5 Å². The molecule has 0 atom stereocenters. The highest BCUT2D eigenvalue weighted by Gasteiger charge is 2.17. The Labute approximate surface area is 200 Å². The zero-order chi connectivity index (χ0) is 24.5. The molecule has 0 saturated heterocycles. The number of hydrogen-bond donors (Lipinski definition) is 2. The summed E-state index contributed by atoms with van der Waals surface area (Å²) in [5.41, 5.74) is 3.56. The van der Waals surface area contributed by atoms with E-state index >= 15 is 0 Å². The molecule has 0 aliphatic heterocycles. The topological polar surface area (TPSA) is 120 Å². The van der Waals surface area contributed by atoms with Crippen molar-refractivity contribution in [3.05, 3.63) is 88.0 Å². The van der Waals surface area contributed by atoms with Gasteiger partial charge < -0.3 is 10.1 Å². The number of ether oxygens (including phenoxy) is 1. The number of anilines is 1. The molecule has 0 aliphatic carbocycles. The number of carbonyl (C=O) groups is 1. The van der Waals surface area contributed by atoms with Gasteiger partial charge in [-0.25, -0.2) is 4.68 Å². The minimum absolute atomic E-state index is 0.152. The third-order valence-electron chi connectivity index (χ3n) is 5.36. The molecule has 1 amide bonds. The van der Waals surface area contributed by atoms with Gasteiger partial charge in [-0.3, -0.25) is 14.6 Å². The summed E-state index contributed by atoms with van der Waals surface area (Å²) in [5, 5.41) is 11.9. The van der Waals surface area contributed by atoms with Gasteiger partial charge in [0.2, 0.25) is 5.95 Å². The maximum atomic E-state index is 12.8. The van der Waals surface area contributed by atoms with Crippen LogP contribution < -0.4 is 15.6 Å². The van der Waals surface area contributed by atoms with E-state index < -0.39 is 0 Å². The number of rotatable bonds is 6. The molecule has 0 saturated carbocycles. The smallest absolute Gasteiger partial charge is 0.263 e. The molecule has 5 aromatic rings. The van der Waals surface area contributed by atoms with Crippen molar-refractivity contribution in [3.8, 4) is 17.4 Å². The van der Waals surface area contributed by atoms with Gasteiger partial charge in [-0.15, -0.1) is 0 Å². The van der Waals surface area contributed by atoms with E-state index in [1.807, 2.05) is 56.3 Å². The van der Waals surface area contributed by atoms with Crippen LogP contribution >= 0.6 is 0 Å². The lowest BCUT2D eigenvalue weighted by molar-refractivity contribution is -0.118. The van der Waals surface area contributed by atoms with Gasteiger partial charge in [0.25, 0.3) is 11.5 Å². The highest BCUT2D eigenvalue weighted by Crippen LogP contribution is 2.19. The summed E-state index contributed by atoms with van der Waals surface area (Å²) in [7, 11) is 0. The van der Waals surface area contributed by atoms with Crippen LogP contribution in [0.15, 0.2) is 65.6 Å². The first-order valence-electron chi connectivity index (χ1n) is 11.0. The molecule has 2 N–H and O–H groups in total. The van der Waals surface area contributed by atoms with Crippen molar-refractivity contribution in [1.82, 2.24) is 29.5 Å². The summed E-state index contributed by atoms with van der Waals surface area (Å²) in [6.07, 6.45) is 1.48. The number of benzene rings is 2. The molecule has 0 bridgehead atoms. The lowest BCUT2D eigenvalue weighted by Crippen LogP contribution is -2.23. The van der Waals surface area contributed by atoms with Gasteiger partial charge in [0.05, 0.1) is 17.6 Å². The lowest BCUT2D eigenvalue weighted by Gasteiger charge is -2.10. The average molecular weight is 470 g/mol. The van der Waals surface area contributed by atoms with Gasteiger partial charge in [-0.2, -0.15) is 19.9 Å². The normalized spacial score (nSPS) is 11.1. The average Bonchev–Trinajstić information content (AvgIpc) is 3.42. The van der Waals surface area contributed by atoms with Crippen molar-refractivity contribution in [2.75, 3.05) is 11.9 Å². The molecule has 10 heteroatoms. The summed E-state index contributed by atoms with van der Waals surface area (Å²) >= 11 is 0. The summed E-state index contributed by atoms with van der Waals surface area (Å²) in [6, 6.07) is 16.9. The van der Waals surface area contributed by atoms with E-state index in [0.29, 0.717) is 28.3 Å². The highest BCUT2D eigenvalue weighted by atomic mass is 16.5. The Morgan fingerprint density at radius 1 is 1.03 bits per heavy atom. The second-order valence-electron chi connectivity index (χ2n) is 8.25. The Kier molecular flexibility index (Phi) is 5.61. The molecule has 0 unspecified atom stereocenters. The molecule has 0 fully saturated rings. The van der Waals surface area contributed by atoms with E-state index in [1.54, 1.807) is 23.7 Å². The quantitative estimate of drug-likeness (QED) is 0.394. The summed E-state index contributed by atoms with van der Waals surface area (Å²) in [5.74, 6) is 0.732. The Morgan fingerprint density at radius 2 is 1.83 bits per heavy atom. The van der Waals surface area contributed by atoms with Gasteiger partial charge in [-0.05, 0) is 50.6 Å². The zero-order valence-electron chi connectivity index (χ0n) is 19.4. The molecule has 0 radical (unpaired) electrons. The van der Waals surface area contributed by atoms with Gasteiger partial charge >= 0.3 is 0 Å². The molecule has 3 heterocycles. The fourth-order valence-electron chi connectivity index (χ4n) is 3.67. The molecule has 5 rings (SSSR count). The number of nitrogens with zero attached hydrogens (tertiary/aromatic N) is 5. The molecule has 35 heavy (non-hydrogen) atoms. The van der Waals surface area contributed by atoms with Crippen LogP contribution in [0.1, 0.15) is 16.8 Å². The lowest BCUT2D eigenvalue weighted by atomic mass is 10.2. The molecule has 2 aromatic carbocycles. The Balaban J connectivity index is 1.45. The van der Waals surface area contributed by atoms with Crippen LogP contribution in [0.5, 0.6) is 5.75 Å². The van der Waals surface area contributed by atoms with Crippen molar-refractivity contribution in [3.63, 3.8) is 0 Å². The zero-order valence-corrected chi connectivity index (χ0v) is 19.4. The van der Waals surface area contributed by atoms with Gasteiger partial charge in [0, 0.05) is 6.07 Å². The second-order valence-corrected chi connectivity index (χ2v) is 8.25. The van der Waals surface area contributed by atoms with Crippen molar-refractivity contribution in [2.45, 2.75) is 20.8 Å². The first-order valence-corrected chi connectivity index (χ1v) is 11.0. The standard InChI is InChI=1S/C25H23N7O3/c1-15-7-9-18(10-8-15)31-23-20(13-26-31)24(34)29-25(28-23)32-21(12-17(3)30-32)27-22(33)14-35-19-6-4-5-16(2)11-19/h4-13H,14H2,1-3H3,(H,27,33)(H,28,29,34). The van der Waals surface area contributed by atoms with Gasteiger partial charge in [0.15, 0.2) is 12.3 Å². The third-order valence-corrected chi connectivity index (χ3v) is 5.36. The largest absolute Gasteiger partial charge is 0.484 e. The second kappa shape index (κ2) is 8.90. The van der Waals surface area contributed by atoms with E-state index in [1.165, 1.54) is 10.9 Å². The Morgan fingerprint density at radius 3 is 2.60 bits per heavy atom. The predicted molar refractivity (Wildman–Crippen MR) is 131 cm³/mol. The Bertz CT molecular complexity index is 1600. The van der Waals surface area contributed by atoms with Crippen LogP contribution in [-0.4, -0.2) is 42.0 Å². The van der Waals surface area contributed by atoms with Crippen LogP contribution in [0.25, 0.3) is 22.7 Å². The van der Waals surface area contributed by atoms with Crippen LogP contribution in [0.2, 0.25) is 0 Å². The van der Waals surface area contributed by atoms with Crippen molar-refractivity contribution >= 4 is 22.8 Å². The van der Waals surface area contributed by atoms with Crippen molar-refractivity contribution < 1.29 is 9.53 Å². The molecule has 3 aromatic heterocycles. The first kappa shape index (κ1) is 22.1. The van der Waals surface area contributed by atoms with Crippen LogP contribution in [-0.2, 0) is 4.79 Å². The number of carbonyl (C=O) groups excluding carboxylic acids is 1. The van der Waals surface area contributed by atoms with E-state index in [4.69, 9.17) is 4.74 Å². The number of hydrogen-bond acceptors (Lipinski definition) is 6. The van der Waals surface area contributed by atoms with E-state index in [-0.39, 0.29) is 24.0 Å².